The standard InChI is InChI=1S/C11H9NO3/c13-10(8-3-5-12-6-4-8)11(14)9-2-1-7-15-9/h2-6H,1,7H2. The van der Waals surface area contributed by atoms with Crippen LogP contribution in [0.25, 0.3) is 0 Å². The summed E-state index contributed by atoms with van der Waals surface area (Å²) in [5.41, 5.74) is 0.339. The van der Waals surface area contributed by atoms with E-state index >= 15 is 0 Å². The van der Waals surface area contributed by atoms with Crippen LogP contribution in [0.15, 0.2) is 36.4 Å². The summed E-state index contributed by atoms with van der Waals surface area (Å²) in [6.45, 7) is 0.477. The maximum absolute atomic E-state index is 11.6. The van der Waals surface area contributed by atoms with Crippen LogP contribution < -0.4 is 0 Å². The van der Waals surface area contributed by atoms with Gasteiger partial charge in [0.15, 0.2) is 5.76 Å². The number of Topliss-reactive ketones (excluding diaryl/α,β-unsaturated/α-hetero) is 2. The first-order chi connectivity index (χ1) is 7.29. The van der Waals surface area contributed by atoms with E-state index in [9.17, 15) is 9.59 Å². The maximum Gasteiger partial charge on any atom is 0.267 e. The summed E-state index contributed by atoms with van der Waals surface area (Å²) in [6, 6.07) is 3.02. The lowest BCUT2D eigenvalue weighted by atomic mass is 10.1. The predicted molar refractivity (Wildman–Crippen MR) is 52.2 cm³/mol. The van der Waals surface area contributed by atoms with Gasteiger partial charge in [-0.3, -0.25) is 14.6 Å². The second-order valence-corrected chi connectivity index (χ2v) is 3.10. The summed E-state index contributed by atoms with van der Waals surface area (Å²) < 4.78 is 5.03. The van der Waals surface area contributed by atoms with Crippen molar-refractivity contribution in [2.75, 3.05) is 6.61 Å². The Morgan fingerprint density at radius 3 is 2.53 bits per heavy atom. The summed E-state index contributed by atoms with van der Waals surface area (Å²) in [7, 11) is 0. The van der Waals surface area contributed by atoms with Crippen molar-refractivity contribution in [1.29, 1.82) is 0 Å². The average Bonchev–Trinajstić information content (AvgIpc) is 2.82. The van der Waals surface area contributed by atoms with Gasteiger partial charge in [0.05, 0.1) is 6.61 Å². The lowest BCUT2D eigenvalue weighted by Gasteiger charge is -2.01. The molecule has 15 heavy (non-hydrogen) atoms. The number of rotatable bonds is 3. The zero-order valence-corrected chi connectivity index (χ0v) is 7.97. The minimum absolute atomic E-state index is 0.164. The zero-order valence-electron chi connectivity index (χ0n) is 7.97. The Morgan fingerprint density at radius 1 is 1.20 bits per heavy atom. The topological polar surface area (TPSA) is 56.3 Å². The highest BCUT2D eigenvalue weighted by atomic mass is 16.5. The summed E-state index contributed by atoms with van der Waals surface area (Å²) in [6.07, 6.45) is 5.28. The van der Waals surface area contributed by atoms with Gasteiger partial charge in [0.25, 0.3) is 5.78 Å². The molecule has 0 fully saturated rings. The lowest BCUT2D eigenvalue weighted by molar-refractivity contribution is -0.114. The SMILES string of the molecule is O=C(C(=O)c1ccncc1)C1=CCCO1. The molecule has 1 aliphatic heterocycles. The number of hydrogen-bond acceptors (Lipinski definition) is 4. The predicted octanol–water partition coefficient (Wildman–Crippen LogP) is 1.14. The fourth-order valence-corrected chi connectivity index (χ4v) is 1.32. The number of pyridine rings is 1. The number of ketones is 2. The van der Waals surface area contributed by atoms with Crippen molar-refractivity contribution in [3.05, 3.63) is 41.9 Å². The quantitative estimate of drug-likeness (QED) is 0.546. The number of nitrogens with zero attached hydrogens (tertiary/aromatic N) is 1. The van der Waals surface area contributed by atoms with E-state index in [2.05, 4.69) is 4.98 Å². The average molecular weight is 203 g/mol. The molecule has 4 nitrogen and oxygen atoms in total. The van der Waals surface area contributed by atoms with Gasteiger partial charge < -0.3 is 4.74 Å². The zero-order chi connectivity index (χ0) is 10.7. The first-order valence-corrected chi connectivity index (χ1v) is 4.61. The molecule has 0 N–H and O–H groups in total. The van der Waals surface area contributed by atoms with Crippen LogP contribution in [-0.2, 0) is 9.53 Å². The van der Waals surface area contributed by atoms with Crippen molar-refractivity contribution in [2.24, 2.45) is 0 Å². The van der Waals surface area contributed by atoms with Gasteiger partial charge in [0.1, 0.15) is 0 Å². The number of aromatic nitrogens is 1. The van der Waals surface area contributed by atoms with Crippen LogP contribution >= 0.6 is 0 Å². The number of allylic oxidation sites excluding steroid dienone is 1. The van der Waals surface area contributed by atoms with E-state index in [4.69, 9.17) is 4.74 Å². The van der Waals surface area contributed by atoms with E-state index in [1.165, 1.54) is 24.5 Å². The molecule has 1 aromatic heterocycles. The molecule has 0 amide bonds. The summed E-state index contributed by atoms with van der Waals surface area (Å²) in [4.78, 5) is 27.0. The van der Waals surface area contributed by atoms with Gasteiger partial charge in [0, 0.05) is 24.4 Å². The van der Waals surface area contributed by atoms with Crippen molar-refractivity contribution in [3.63, 3.8) is 0 Å². The normalized spacial score (nSPS) is 14.3. The molecular weight excluding hydrogens is 194 g/mol. The monoisotopic (exact) mass is 203 g/mol. The molecule has 2 heterocycles. The van der Waals surface area contributed by atoms with Gasteiger partial charge in [-0.05, 0) is 18.2 Å². The Labute approximate surface area is 86.6 Å². The van der Waals surface area contributed by atoms with Gasteiger partial charge in [-0.2, -0.15) is 0 Å². The van der Waals surface area contributed by atoms with E-state index in [-0.39, 0.29) is 5.76 Å². The maximum atomic E-state index is 11.6. The van der Waals surface area contributed by atoms with Gasteiger partial charge in [-0.1, -0.05) is 0 Å². The van der Waals surface area contributed by atoms with Gasteiger partial charge in [-0.25, -0.2) is 0 Å². The largest absolute Gasteiger partial charge is 0.489 e. The van der Waals surface area contributed by atoms with Crippen molar-refractivity contribution in [2.45, 2.75) is 6.42 Å². The number of carbonyl (C=O) groups excluding carboxylic acids is 2. The molecule has 76 valence electrons. The van der Waals surface area contributed by atoms with Crippen LogP contribution in [0.1, 0.15) is 16.8 Å². The minimum Gasteiger partial charge on any atom is -0.489 e. The van der Waals surface area contributed by atoms with E-state index in [0.717, 1.165) is 0 Å². The molecular formula is C11H9NO3. The Bertz CT molecular complexity index is 423. The fraction of sp³-hybridized carbons (Fsp3) is 0.182. The van der Waals surface area contributed by atoms with Crippen molar-refractivity contribution in [3.8, 4) is 0 Å². The Hall–Kier alpha value is -1.97. The highest BCUT2D eigenvalue weighted by Crippen LogP contribution is 2.12. The molecule has 0 saturated carbocycles. The number of ether oxygens (including phenoxy) is 1. The second kappa shape index (κ2) is 4.04. The van der Waals surface area contributed by atoms with E-state index in [0.29, 0.717) is 18.6 Å². The molecule has 0 bridgehead atoms. The molecule has 0 atom stereocenters. The molecule has 0 aliphatic carbocycles. The highest BCUT2D eigenvalue weighted by molar-refractivity contribution is 6.48. The van der Waals surface area contributed by atoms with Crippen molar-refractivity contribution < 1.29 is 14.3 Å². The lowest BCUT2D eigenvalue weighted by Crippen LogP contribution is -2.16. The van der Waals surface area contributed by atoms with Crippen LogP contribution in [0.4, 0.5) is 0 Å². The Morgan fingerprint density at radius 2 is 1.93 bits per heavy atom. The molecule has 4 heteroatoms. The third-order valence-electron chi connectivity index (χ3n) is 2.08. The third-order valence-corrected chi connectivity index (χ3v) is 2.08. The molecule has 0 radical (unpaired) electrons. The summed E-state index contributed by atoms with van der Waals surface area (Å²) in [5.74, 6) is -0.971. The molecule has 0 unspecified atom stereocenters. The first kappa shape index (κ1) is 9.58. The number of carbonyl (C=O) groups is 2. The van der Waals surface area contributed by atoms with Gasteiger partial charge in [-0.15, -0.1) is 0 Å². The van der Waals surface area contributed by atoms with Crippen LogP contribution in [0.2, 0.25) is 0 Å². The molecule has 1 aliphatic rings. The summed E-state index contributed by atoms with van der Waals surface area (Å²) >= 11 is 0. The highest BCUT2D eigenvalue weighted by Gasteiger charge is 2.23. The fourth-order valence-electron chi connectivity index (χ4n) is 1.32. The Kier molecular flexibility index (Phi) is 2.58. The van der Waals surface area contributed by atoms with E-state index in [1.807, 2.05) is 0 Å². The van der Waals surface area contributed by atoms with Crippen LogP contribution in [-0.4, -0.2) is 23.2 Å². The summed E-state index contributed by atoms with van der Waals surface area (Å²) in [5, 5.41) is 0. The van der Waals surface area contributed by atoms with Crippen LogP contribution in [0.5, 0.6) is 0 Å². The molecule has 0 aromatic carbocycles. The third kappa shape index (κ3) is 1.93. The number of hydrogen-bond donors (Lipinski definition) is 0. The van der Waals surface area contributed by atoms with E-state index < -0.39 is 11.6 Å². The smallest absolute Gasteiger partial charge is 0.267 e. The van der Waals surface area contributed by atoms with Gasteiger partial charge in [0.2, 0.25) is 5.78 Å². The molecule has 0 saturated heterocycles. The van der Waals surface area contributed by atoms with Gasteiger partial charge >= 0.3 is 0 Å². The van der Waals surface area contributed by atoms with Crippen molar-refractivity contribution >= 4 is 11.6 Å². The molecule has 0 spiro atoms. The Balaban J connectivity index is 2.18. The van der Waals surface area contributed by atoms with Crippen LogP contribution in [0.3, 0.4) is 0 Å². The van der Waals surface area contributed by atoms with Crippen molar-refractivity contribution in [1.82, 2.24) is 4.98 Å². The van der Waals surface area contributed by atoms with E-state index in [1.54, 1.807) is 6.08 Å². The minimum atomic E-state index is -0.585. The first-order valence-electron chi connectivity index (χ1n) is 4.61. The van der Waals surface area contributed by atoms with Crippen LogP contribution in [0, 0.1) is 0 Å². The second-order valence-electron chi connectivity index (χ2n) is 3.10. The molecule has 1 aromatic rings. The molecule has 2 rings (SSSR count).